The molecule has 0 aromatic rings. The van der Waals surface area contributed by atoms with Gasteiger partial charge in [0.1, 0.15) is 0 Å². The highest BCUT2D eigenvalue weighted by Gasteiger charge is 2.41. The van der Waals surface area contributed by atoms with Gasteiger partial charge in [-0.3, -0.25) is 9.69 Å². The Balaban J connectivity index is 1.92. The third-order valence-electron chi connectivity index (χ3n) is 5.34. The molecule has 2 rings (SSSR count). The van der Waals surface area contributed by atoms with Crippen molar-refractivity contribution in [2.75, 3.05) is 26.2 Å². The molecule has 4 nitrogen and oxygen atoms in total. The Morgan fingerprint density at radius 1 is 1.33 bits per heavy atom. The van der Waals surface area contributed by atoms with E-state index >= 15 is 0 Å². The van der Waals surface area contributed by atoms with Gasteiger partial charge in [-0.25, -0.2) is 0 Å². The monoisotopic (exact) mass is 311 g/mol. The summed E-state index contributed by atoms with van der Waals surface area (Å²) in [5.41, 5.74) is 5.98. The van der Waals surface area contributed by atoms with Crippen LogP contribution in [0.4, 0.5) is 0 Å². The molecule has 120 valence electrons. The average molecular weight is 311 g/mol. The second-order valence-electron chi connectivity index (χ2n) is 7.12. The highest BCUT2D eigenvalue weighted by molar-refractivity contribution is 7.80. The molecule has 0 bridgehead atoms. The molecule has 1 aliphatic carbocycles. The molecule has 2 unspecified atom stereocenters. The van der Waals surface area contributed by atoms with Gasteiger partial charge in [0.25, 0.3) is 0 Å². The van der Waals surface area contributed by atoms with Crippen molar-refractivity contribution in [3.8, 4) is 0 Å². The number of nitrogens with two attached hydrogens (primary N) is 1. The van der Waals surface area contributed by atoms with Crippen LogP contribution in [0.25, 0.3) is 0 Å². The van der Waals surface area contributed by atoms with E-state index in [1.165, 1.54) is 12.8 Å². The van der Waals surface area contributed by atoms with Gasteiger partial charge in [-0.1, -0.05) is 39.4 Å². The molecule has 1 aliphatic heterocycles. The zero-order valence-corrected chi connectivity index (χ0v) is 14.4. The summed E-state index contributed by atoms with van der Waals surface area (Å²) in [6, 6.07) is 0.181. The van der Waals surface area contributed by atoms with Gasteiger partial charge < -0.3 is 10.6 Å². The molecule has 1 heterocycles. The molecule has 0 radical (unpaired) electrons. The van der Waals surface area contributed by atoms with Gasteiger partial charge in [-0.2, -0.15) is 0 Å². The summed E-state index contributed by atoms with van der Waals surface area (Å²) in [5.74, 6) is 0.571. The van der Waals surface area contributed by atoms with Crippen LogP contribution in [0.2, 0.25) is 0 Å². The Hall–Kier alpha value is -0.680. The first-order valence-corrected chi connectivity index (χ1v) is 8.60. The van der Waals surface area contributed by atoms with E-state index in [2.05, 4.69) is 30.6 Å². The molecule has 1 saturated heterocycles. The van der Waals surface area contributed by atoms with Crippen LogP contribution in [0.5, 0.6) is 0 Å². The number of carbonyl (C=O) groups excluding carboxylic acids is 1. The van der Waals surface area contributed by atoms with E-state index in [4.69, 9.17) is 18.0 Å². The number of amides is 1. The Labute approximate surface area is 134 Å². The average Bonchev–Trinajstić information content (AvgIpc) is 2.79. The fourth-order valence-corrected chi connectivity index (χ4v) is 4.21. The van der Waals surface area contributed by atoms with Gasteiger partial charge in [0.2, 0.25) is 5.91 Å². The predicted octanol–water partition coefficient (Wildman–Crippen LogP) is 2.02. The Morgan fingerprint density at radius 2 is 1.95 bits per heavy atom. The zero-order chi connectivity index (χ0) is 15.6. The molecule has 2 fully saturated rings. The number of hydrogen-bond acceptors (Lipinski definition) is 3. The second-order valence-corrected chi connectivity index (χ2v) is 7.59. The van der Waals surface area contributed by atoms with E-state index in [1.54, 1.807) is 0 Å². The largest absolute Gasteiger partial charge is 0.392 e. The molecular formula is C16H29N3OS. The molecule has 1 saturated carbocycles. The van der Waals surface area contributed by atoms with Crippen LogP contribution < -0.4 is 5.73 Å². The lowest BCUT2D eigenvalue weighted by Crippen LogP contribution is -2.56. The van der Waals surface area contributed by atoms with Crippen LogP contribution in [0, 0.1) is 11.3 Å². The lowest BCUT2D eigenvalue weighted by atomic mass is 9.81. The molecule has 0 aromatic carbocycles. The first-order valence-electron chi connectivity index (χ1n) is 8.19. The maximum Gasteiger partial charge on any atom is 0.226 e. The van der Waals surface area contributed by atoms with Crippen LogP contribution in [0.15, 0.2) is 0 Å². The smallest absolute Gasteiger partial charge is 0.226 e. The normalized spacial score (nSPS) is 27.6. The van der Waals surface area contributed by atoms with Crippen molar-refractivity contribution >= 4 is 23.1 Å². The van der Waals surface area contributed by atoms with Crippen molar-refractivity contribution in [2.24, 2.45) is 17.1 Å². The molecule has 5 heteroatoms. The molecule has 2 N–H and O–H groups in total. The van der Waals surface area contributed by atoms with E-state index in [1.807, 2.05) is 0 Å². The molecule has 21 heavy (non-hydrogen) atoms. The Morgan fingerprint density at radius 3 is 2.38 bits per heavy atom. The maximum absolute atomic E-state index is 12.8. The topological polar surface area (TPSA) is 49.6 Å². The molecule has 0 aromatic heterocycles. The van der Waals surface area contributed by atoms with Gasteiger partial charge >= 0.3 is 0 Å². The first kappa shape index (κ1) is 16.7. The molecule has 2 atom stereocenters. The van der Waals surface area contributed by atoms with Crippen molar-refractivity contribution in [2.45, 2.75) is 52.5 Å². The molecular weight excluding hydrogens is 282 g/mol. The number of thiocarbonyl (C=S) groups is 1. The second kappa shape index (κ2) is 6.61. The number of rotatable bonds is 4. The Kier molecular flexibility index (Phi) is 5.25. The van der Waals surface area contributed by atoms with Crippen molar-refractivity contribution in [3.05, 3.63) is 0 Å². The summed E-state index contributed by atoms with van der Waals surface area (Å²) in [6.07, 6.45) is 4.35. The highest BCUT2D eigenvalue weighted by Crippen LogP contribution is 2.43. The van der Waals surface area contributed by atoms with E-state index in [9.17, 15) is 4.79 Å². The van der Waals surface area contributed by atoms with Crippen LogP contribution in [-0.2, 0) is 4.79 Å². The summed E-state index contributed by atoms with van der Waals surface area (Å²) in [7, 11) is 0. The number of carbonyl (C=O) groups is 1. The highest BCUT2D eigenvalue weighted by atomic mass is 32.1. The minimum Gasteiger partial charge on any atom is -0.392 e. The quantitative estimate of drug-likeness (QED) is 0.807. The van der Waals surface area contributed by atoms with E-state index in [0.717, 1.165) is 39.0 Å². The van der Waals surface area contributed by atoms with Crippen LogP contribution in [0.3, 0.4) is 0 Å². The number of hydrogen-bond donors (Lipinski definition) is 1. The molecule has 1 amide bonds. The summed E-state index contributed by atoms with van der Waals surface area (Å²) in [5, 5.41) is 0. The Bertz CT molecular complexity index is 402. The van der Waals surface area contributed by atoms with Crippen molar-refractivity contribution < 1.29 is 4.79 Å². The van der Waals surface area contributed by atoms with Crippen LogP contribution in [0.1, 0.15) is 46.5 Å². The lowest BCUT2D eigenvalue weighted by molar-refractivity contribution is -0.140. The summed E-state index contributed by atoms with van der Waals surface area (Å²) in [4.78, 5) is 17.7. The number of piperazine rings is 1. The van der Waals surface area contributed by atoms with Crippen LogP contribution >= 0.6 is 12.2 Å². The van der Waals surface area contributed by atoms with Gasteiger partial charge in [0, 0.05) is 32.1 Å². The minimum absolute atomic E-state index is 0.166. The zero-order valence-electron chi connectivity index (χ0n) is 13.6. The summed E-state index contributed by atoms with van der Waals surface area (Å²) >= 11 is 5.15. The summed E-state index contributed by atoms with van der Waals surface area (Å²) in [6.45, 7) is 9.97. The lowest BCUT2D eigenvalue weighted by Gasteiger charge is -2.40. The van der Waals surface area contributed by atoms with E-state index < -0.39 is 0 Å². The SMILES string of the molecule is CCC(C(N)=S)N1CCN(C(=O)C2CCCC2(C)C)CC1. The minimum atomic E-state index is 0.166. The fraction of sp³-hybridized carbons (Fsp3) is 0.875. The van der Waals surface area contributed by atoms with Gasteiger partial charge in [0.05, 0.1) is 11.0 Å². The maximum atomic E-state index is 12.8. The summed E-state index contributed by atoms with van der Waals surface area (Å²) < 4.78 is 0. The molecule has 0 spiro atoms. The van der Waals surface area contributed by atoms with Gasteiger partial charge in [0.15, 0.2) is 0 Å². The van der Waals surface area contributed by atoms with Gasteiger partial charge in [-0.15, -0.1) is 0 Å². The molecule has 2 aliphatic rings. The van der Waals surface area contributed by atoms with Crippen molar-refractivity contribution in [3.63, 3.8) is 0 Å². The fourth-order valence-electron chi connectivity index (χ4n) is 3.90. The van der Waals surface area contributed by atoms with Gasteiger partial charge in [-0.05, 0) is 24.7 Å². The predicted molar refractivity (Wildman–Crippen MR) is 90.1 cm³/mol. The van der Waals surface area contributed by atoms with Crippen molar-refractivity contribution in [1.82, 2.24) is 9.80 Å². The third kappa shape index (κ3) is 3.57. The van der Waals surface area contributed by atoms with Crippen molar-refractivity contribution in [1.29, 1.82) is 0 Å². The third-order valence-corrected chi connectivity index (χ3v) is 5.61. The van der Waals surface area contributed by atoms with E-state index in [-0.39, 0.29) is 17.4 Å². The first-order chi connectivity index (χ1) is 9.86. The van der Waals surface area contributed by atoms with Crippen LogP contribution in [-0.4, -0.2) is 52.9 Å². The van der Waals surface area contributed by atoms with E-state index in [0.29, 0.717) is 10.9 Å². The standard InChI is InChI=1S/C16H29N3OS/c1-4-13(14(17)21)18-8-10-19(11-9-18)15(20)12-6-5-7-16(12,2)3/h12-13H,4-11H2,1-3H3,(H2,17,21). The number of nitrogens with zero attached hydrogens (tertiary/aromatic N) is 2.